The van der Waals surface area contributed by atoms with Gasteiger partial charge in [-0.25, -0.2) is 0 Å². The summed E-state index contributed by atoms with van der Waals surface area (Å²) in [5.74, 6) is -0.200. The molecule has 0 atom stereocenters. The fraction of sp³-hybridized carbons (Fsp3) is 0.872. The maximum atomic E-state index is 12.4. The number of carbonyl (C=O) groups excluding carboxylic acids is 2. The number of hydrogen-bond acceptors (Lipinski definition) is 8. The predicted molar refractivity (Wildman–Crippen MR) is 230 cm³/mol. The monoisotopic (exact) mass is 780 g/mol. The number of allylic oxidation sites excluding steroid dienone is 4. The van der Waals surface area contributed by atoms with Crippen molar-refractivity contribution in [1.29, 1.82) is 0 Å². The minimum Gasteiger partial charge on any atom is -0.466 e. The Morgan fingerprint density at radius 2 is 0.927 bits per heavy atom. The number of rotatable bonds is 44. The fourth-order valence-corrected chi connectivity index (χ4v) is 6.51. The third-order valence-corrected chi connectivity index (χ3v) is 9.94. The summed E-state index contributed by atoms with van der Waals surface area (Å²) < 4.78 is 23.0. The molecule has 0 aromatic heterocycles. The third-order valence-electron chi connectivity index (χ3n) is 9.94. The normalized spacial score (nSPS) is 11.9. The SMILES string of the molecule is CC/C=C\CCCCOC(CCC(=O)OCCCCCCCCN(CCO)CCCCCCCC(=O)OCCCCCCCCC)OCCCC/C=C\CC. The molecule has 55 heavy (non-hydrogen) atoms. The van der Waals surface area contributed by atoms with Crippen LogP contribution in [0, 0.1) is 0 Å². The van der Waals surface area contributed by atoms with Gasteiger partial charge in [0.05, 0.1) is 26.2 Å². The highest BCUT2D eigenvalue weighted by Gasteiger charge is 2.13. The Balaban J connectivity index is 3.92. The first-order valence-electron chi connectivity index (χ1n) is 23.2. The molecule has 1 N–H and O–H groups in total. The number of esters is 2. The molecule has 0 amide bonds. The lowest BCUT2D eigenvalue weighted by Crippen LogP contribution is -2.29. The lowest BCUT2D eigenvalue weighted by Gasteiger charge is -2.21. The van der Waals surface area contributed by atoms with Crippen molar-refractivity contribution in [2.75, 3.05) is 52.7 Å². The molecular formula is C47H89NO7. The Kier molecular flexibility index (Phi) is 43.5. The average molecular weight is 780 g/mol. The lowest BCUT2D eigenvalue weighted by atomic mass is 10.1. The fourth-order valence-electron chi connectivity index (χ4n) is 6.51. The van der Waals surface area contributed by atoms with Gasteiger partial charge in [-0.3, -0.25) is 9.59 Å². The Morgan fingerprint density at radius 1 is 0.491 bits per heavy atom. The van der Waals surface area contributed by atoms with Gasteiger partial charge < -0.3 is 29.0 Å². The molecule has 8 nitrogen and oxygen atoms in total. The lowest BCUT2D eigenvalue weighted by molar-refractivity contribution is -0.159. The van der Waals surface area contributed by atoms with E-state index in [-0.39, 0.29) is 24.8 Å². The summed E-state index contributed by atoms with van der Waals surface area (Å²) in [6, 6.07) is 0. The minimum absolute atomic E-state index is 0.0374. The Hall–Kier alpha value is -1.74. The van der Waals surface area contributed by atoms with Crippen LogP contribution < -0.4 is 0 Å². The molecule has 324 valence electrons. The number of carbonyl (C=O) groups is 2. The second-order valence-corrected chi connectivity index (χ2v) is 15.2. The van der Waals surface area contributed by atoms with Crippen LogP contribution in [0.4, 0.5) is 0 Å². The molecule has 0 saturated carbocycles. The van der Waals surface area contributed by atoms with E-state index in [1.807, 2.05) is 0 Å². The molecule has 0 rings (SSSR count). The van der Waals surface area contributed by atoms with Gasteiger partial charge in [0.15, 0.2) is 6.29 Å². The maximum absolute atomic E-state index is 12.4. The zero-order valence-corrected chi connectivity index (χ0v) is 36.4. The predicted octanol–water partition coefficient (Wildman–Crippen LogP) is 12.2. The number of hydrogen-bond donors (Lipinski definition) is 1. The molecule has 0 heterocycles. The van der Waals surface area contributed by atoms with Gasteiger partial charge in [0.2, 0.25) is 0 Å². The Bertz CT molecular complexity index is 840. The van der Waals surface area contributed by atoms with Crippen LogP contribution in [-0.4, -0.2) is 80.9 Å². The molecule has 0 bridgehead atoms. The first-order chi connectivity index (χ1) is 27.1. The van der Waals surface area contributed by atoms with Crippen molar-refractivity contribution >= 4 is 11.9 Å². The minimum atomic E-state index is -0.351. The van der Waals surface area contributed by atoms with E-state index in [9.17, 15) is 14.7 Å². The van der Waals surface area contributed by atoms with Crippen molar-refractivity contribution in [3.8, 4) is 0 Å². The van der Waals surface area contributed by atoms with Gasteiger partial charge in [0.25, 0.3) is 0 Å². The topological polar surface area (TPSA) is 94.5 Å². The number of nitrogens with zero attached hydrogens (tertiary/aromatic N) is 1. The van der Waals surface area contributed by atoms with E-state index < -0.39 is 0 Å². The summed E-state index contributed by atoms with van der Waals surface area (Å²) in [6.45, 7) is 11.9. The van der Waals surface area contributed by atoms with Crippen molar-refractivity contribution in [1.82, 2.24) is 4.90 Å². The van der Waals surface area contributed by atoms with E-state index in [2.05, 4.69) is 50.0 Å². The molecule has 0 unspecified atom stereocenters. The van der Waals surface area contributed by atoms with Gasteiger partial charge in [0, 0.05) is 32.6 Å². The molecule has 0 saturated heterocycles. The van der Waals surface area contributed by atoms with Gasteiger partial charge in [-0.1, -0.05) is 129 Å². The van der Waals surface area contributed by atoms with Crippen LogP contribution in [-0.2, 0) is 28.5 Å². The van der Waals surface area contributed by atoms with Crippen LogP contribution >= 0.6 is 0 Å². The van der Waals surface area contributed by atoms with Crippen molar-refractivity contribution in [3.05, 3.63) is 24.3 Å². The third kappa shape index (κ3) is 41.7. The second kappa shape index (κ2) is 45.0. The van der Waals surface area contributed by atoms with Crippen LogP contribution in [0.1, 0.15) is 207 Å². The van der Waals surface area contributed by atoms with Crippen molar-refractivity contribution in [3.63, 3.8) is 0 Å². The molecule has 0 aromatic carbocycles. The number of aliphatic hydroxyl groups is 1. The van der Waals surface area contributed by atoms with Crippen LogP contribution in [0.3, 0.4) is 0 Å². The summed E-state index contributed by atoms with van der Waals surface area (Å²) >= 11 is 0. The van der Waals surface area contributed by atoms with Gasteiger partial charge in [-0.05, 0) is 96.6 Å². The van der Waals surface area contributed by atoms with Gasteiger partial charge in [-0.2, -0.15) is 0 Å². The standard InChI is InChI=1S/C47H89NO7/c1-4-7-10-13-17-25-30-41-52-45(50)34-27-20-19-22-29-38-48(39-40-49)37-28-21-16-18-26-31-42-53-46(51)35-36-47(54-43-32-23-14-11-8-5-2)55-44-33-24-15-12-9-6-3/h8-9,11-12,47,49H,4-7,10,13-44H2,1-3H3/b11-8-,12-9-. The number of aliphatic hydroxyl groups excluding tert-OH is 1. The Morgan fingerprint density at radius 3 is 1.42 bits per heavy atom. The van der Waals surface area contributed by atoms with E-state index in [1.165, 1.54) is 44.9 Å². The van der Waals surface area contributed by atoms with E-state index >= 15 is 0 Å². The van der Waals surface area contributed by atoms with Gasteiger partial charge in [-0.15, -0.1) is 0 Å². The molecule has 0 aromatic rings. The molecule has 0 fully saturated rings. The largest absolute Gasteiger partial charge is 0.466 e. The van der Waals surface area contributed by atoms with E-state index in [1.54, 1.807) is 0 Å². The van der Waals surface area contributed by atoms with E-state index in [4.69, 9.17) is 18.9 Å². The summed E-state index contributed by atoms with van der Waals surface area (Å²) in [5.41, 5.74) is 0. The molecule has 8 heteroatoms. The molecule has 0 aliphatic carbocycles. The highest BCUT2D eigenvalue weighted by atomic mass is 16.7. The quantitative estimate of drug-likeness (QED) is 0.0283. The Labute approximate surface area is 339 Å². The summed E-state index contributed by atoms with van der Waals surface area (Å²) in [7, 11) is 0. The van der Waals surface area contributed by atoms with Crippen LogP contribution in [0.2, 0.25) is 0 Å². The molecule has 0 spiro atoms. The summed E-state index contributed by atoms with van der Waals surface area (Å²) in [5, 5.41) is 9.53. The molecule has 0 aliphatic heterocycles. The summed E-state index contributed by atoms with van der Waals surface area (Å²) in [4.78, 5) is 26.8. The zero-order chi connectivity index (χ0) is 40.1. The zero-order valence-electron chi connectivity index (χ0n) is 36.4. The van der Waals surface area contributed by atoms with Gasteiger partial charge in [0.1, 0.15) is 0 Å². The number of ether oxygens (including phenoxy) is 4. The summed E-state index contributed by atoms with van der Waals surface area (Å²) in [6.07, 6.45) is 39.1. The van der Waals surface area contributed by atoms with Crippen LogP contribution in [0.25, 0.3) is 0 Å². The highest BCUT2D eigenvalue weighted by Crippen LogP contribution is 2.13. The number of unbranched alkanes of at least 4 members (excludes halogenated alkanes) is 19. The average Bonchev–Trinajstić information content (AvgIpc) is 3.18. The van der Waals surface area contributed by atoms with Crippen molar-refractivity contribution in [2.45, 2.75) is 213 Å². The molecule has 0 aliphatic rings. The van der Waals surface area contributed by atoms with Crippen LogP contribution in [0.5, 0.6) is 0 Å². The maximum Gasteiger partial charge on any atom is 0.305 e. The first kappa shape index (κ1) is 53.3. The van der Waals surface area contributed by atoms with E-state index in [0.717, 1.165) is 142 Å². The van der Waals surface area contributed by atoms with Crippen molar-refractivity contribution in [2.24, 2.45) is 0 Å². The second-order valence-electron chi connectivity index (χ2n) is 15.2. The first-order valence-corrected chi connectivity index (χ1v) is 23.2. The highest BCUT2D eigenvalue weighted by molar-refractivity contribution is 5.69. The molecule has 0 radical (unpaired) electrons. The van der Waals surface area contributed by atoms with Crippen LogP contribution in [0.15, 0.2) is 24.3 Å². The smallest absolute Gasteiger partial charge is 0.305 e. The molecular weight excluding hydrogens is 691 g/mol. The van der Waals surface area contributed by atoms with Crippen molar-refractivity contribution < 1.29 is 33.6 Å². The van der Waals surface area contributed by atoms with Gasteiger partial charge >= 0.3 is 11.9 Å². The van der Waals surface area contributed by atoms with E-state index in [0.29, 0.717) is 45.7 Å².